The summed E-state index contributed by atoms with van der Waals surface area (Å²) in [5.74, 6) is 0. The third-order valence-corrected chi connectivity index (χ3v) is 4.17. The second-order valence-electron chi connectivity index (χ2n) is 5.79. The van der Waals surface area contributed by atoms with Crippen LogP contribution in [0.2, 0.25) is 0 Å². The van der Waals surface area contributed by atoms with Gasteiger partial charge in [-0.3, -0.25) is 0 Å². The van der Waals surface area contributed by atoms with Crippen LogP contribution < -0.4 is 0 Å². The molecule has 0 saturated heterocycles. The molecule has 2 heteroatoms. The molecule has 0 bridgehead atoms. The van der Waals surface area contributed by atoms with E-state index in [1.165, 1.54) is 16.7 Å². The second-order valence-corrected chi connectivity index (χ2v) is 5.79. The molecule has 0 fully saturated rings. The summed E-state index contributed by atoms with van der Waals surface area (Å²) >= 11 is 0. The van der Waals surface area contributed by atoms with Crippen molar-refractivity contribution in [3.8, 4) is 28.1 Å². The van der Waals surface area contributed by atoms with Crippen LogP contribution in [-0.4, -0.2) is 9.78 Å². The smallest absolute Gasteiger partial charge is 0.0822 e. The van der Waals surface area contributed by atoms with E-state index in [2.05, 4.69) is 67.6 Å². The average molecular weight is 310 g/mol. The van der Waals surface area contributed by atoms with Gasteiger partial charge in [-0.05, 0) is 24.6 Å². The zero-order valence-corrected chi connectivity index (χ0v) is 13.6. The molecule has 1 heterocycles. The molecule has 0 saturated carbocycles. The highest BCUT2D eigenvalue weighted by atomic mass is 15.3. The number of hydrogen-bond acceptors (Lipinski definition) is 1. The second kappa shape index (κ2) is 6.17. The van der Waals surface area contributed by atoms with Gasteiger partial charge in [-0.2, -0.15) is 5.10 Å². The first kappa shape index (κ1) is 14.5. The Hall–Kier alpha value is -3.13. The van der Waals surface area contributed by atoms with E-state index in [0.29, 0.717) is 0 Å². The normalized spacial score (nSPS) is 10.7. The minimum Gasteiger partial charge on any atom is -0.232 e. The Balaban J connectivity index is 2.03. The summed E-state index contributed by atoms with van der Waals surface area (Å²) in [6, 6.07) is 31.2. The fraction of sp³-hybridized carbons (Fsp3) is 0.0455. The summed E-state index contributed by atoms with van der Waals surface area (Å²) < 4.78 is 2.05. The van der Waals surface area contributed by atoms with Gasteiger partial charge in [-0.15, -0.1) is 0 Å². The van der Waals surface area contributed by atoms with Crippen molar-refractivity contribution in [2.24, 2.45) is 0 Å². The maximum absolute atomic E-state index is 4.85. The maximum atomic E-state index is 4.85. The van der Waals surface area contributed by atoms with Crippen molar-refractivity contribution in [2.45, 2.75) is 6.92 Å². The molecule has 0 radical (unpaired) electrons. The number of aryl methyl sites for hydroxylation is 1. The van der Waals surface area contributed by atoms with Crippen LogP contribution in [-0.2, 0) is 0 Å². The standard InChI is InChI=1S/C22H18N2/c1-17-21(18-11-5-2-6-12-18)22(19-13-7-3-8-14-19)24(23-17)20-15-9-4-10-16-20/h2-16H,1H3. The molecule has 4 aromatic rings. The van der Waals surface area contributed by atoms with Crippen LogP contribution >= 0.6 is 0 Å². The molecule has 2 nitrogen and oxygen atoms in total. The van der Waals surface area contributed by atoms with Crippen LogP contribution in [0.4, 0.5) is 0 Å². The van der Waals surface area contributed by atoms with E-state index in [9.17, 15) is 0 Å². The van der Waals surface area contributed by atoms with E-state index in [1.54, 1.807) is 0 Å². The Morgan fingerprint density at radius 3 is 1.71 bits per heavy atom. The highest BCUT2D eigenvalue weighted by molar-refractivity contribution is 5.84. The van der Waals surface area contributed by atoms with Gasteiger partial charge in [0.15, 0.2) is 0 Å². The van der Waals surface area contributed by atoms with Crippen molar-refractivity contribution in [1.82, 2.24) is 9.78 Å². The first-order valence-electron chi connectivity index (χ1n) is 8.10. The molecular weight excluding hydrogens is 292 g/mol. The molecule has 116 valence electrons. The Labute approximate surface area is 142 Å². The maximum Gasteiger partial charge on any atom is 0.0822 e. The van der Waals surface area contributed by atoms with Crippen LogP contribution in [0.5, 0.6) is 0 Å². The minimum atomic E-state index is 1.03. The summed E-state index contributed by atoms with van der Waals surface area (Å²) in [6.07, 6.45) is 0. The van der Waals surface area contributed by atoms with Crippen molar-refractivity contribution in [1.29, 1.82) is 0 Å². The summed E-state index contributed by atoms with van der Waals surface area (Å²) in [6.45, 7) is 2.08. The molecule has 24 heavy (non-hydrogen) atoms. The zero-order chi connectivity index (χ0) is 16.4. The molecule has 0 aliphatic rings. The lowest BCUT2D eigenvalue weighted by molar-refractivity contribution is 0.869. The molecule has 0 spiro atoms. The van der Waals surface area contributed by atoms with Gasteiger partial charge in [0.2, 0.25) is 0 Å². The summed E-state index contributed by atoms with van der Waals surface area (Å²) in [5.41, 5.74) is 6.78. The van der Waals surface area contributed by atoms with E-state index in [1.807, 2.05) is 35.0 Å². The predicted octanol–water partition coefficient (Wildman–Crippen LogP) is 5.51. The van der Waals surface area contributed by atoms with Gasteiger partial charge in [-0.1, -0.05) is 78.9 Å². The lowest BCUT2D eigenvalue weighted by Crippen LogP contribution is -1.99. The number of nitrogens with zero attached hydrogens (tertiary/aromatic N) is 2. The topological polar surface area (TPSA) is 17.8 Å². The molecule has 0 N–H and O–H groups in total. The lowest BCUT2D eigenvalue weighted by atomic mass is 9.99. The van der Waals surface area contributed by atoms with Crippen LogP contribution in [0.15, 0.2) is 91.0 Å². The molecule has 0 unspecified atom stereocenters. The van der Waals surface area contributed by atoms with E-state index < -0.39 is 0 Å². The van der Waals surface area contributed by atoms with Gasteiger partial charge in [0.05, 0.1) is 17.1 Å². The fourth-order valence-corrected chi connectivity index (χ4v) is 3.10. The molecule has 0 amide bonds. The number of hydrogen-bond donors (Lipinski definition) is 0. The monoisotopic (exact) mass is 310 g/mol. The van der Waals surface area contributed by atoms with E-state index in [-0.39, 0.29) is 0 Å². The fourth-order valence-electron chi connectivity index (χ4n) is 3.10. The van der Waals surface area contributed by atoms with Gasteiger partial charge in [0.25, 0.3) is 0 Å². The van der Waals surface area contributed by atoms with E-state index >= 15 is 0 Å². The van der Waals surface area contributed by atoms with Gasteiger partial charge in [0.1, 0.15) is 0 Å². The third kappa shape index (κ3) is 2.52. The van der Waals surface area contributed by atoms with Gasteiger partial charge < -0.3 is 0 Å². The minimum absolute atomic E-state index is 1.03. The molecule has 4 rings (SSSR count). The Morgan fingerprint density at radius 1 is 0.625 bits per heavy atom. The van der Waals surface area contributed by atoms with Crippen LogP contribution in [0.3, 0.4) is 0 Å². The van der Waals surface area contributed by atoms with E-state index in [4.69, 9.17) is 5.10 Å². The lowest BCUT2D eigenvalue weighted by Gasteiger charge is -2.10. The first-order valence-corrected chi connectivity index (χ1v) is 8.10. The molecular formula is C22H18N2. The van der Waals surface area contributed by atoms with Crippen molar-refractivity contribution in [2.75, 3.05) is 0 Å². The Morgan fingerprint density at radius 2 is 1.12 bits per heavy atom. The van der Waals surface area contributed by atoms with Crippen molar-refractivity contribution < 1.29 is 0 Å². The van der Waals surface area contributed by atoms with Crippen molar-refractivity contribution >= 4 is 0 Å². The predicted molar refractivity (Wildman–Crippen MR) is 99.2 cm³/mol. The van der Waals surface area contributed by atoms with E-state index in [0.717, 1.165) is 17.1 Å². The van der Waals surface area contributed by atoms with Crippen molar-refractivity contribution in [3.63, 3.8) is 0 Å². The molecule has 0 atom stereocenters. The number of benzene rings is 3. The highest BCUT2D eigenvalue weighted by Gasteiger charge is 2.19. The van der Waals surface area contributed by atoms with Crippen LogP contribution in [0.1, 0.15) is 5.69 Å². The summed E-state index contributed by atoms with van der Waals surface area (Å²) in [4.78, 5) is 0. The van der Waals surface area contributed by atoms with Gasteiger partial charge in [-0.25, -0.2) is 4.68 Å². The first-order chi connectivity index (χ1) is 11.8. The Bertz CT molecular complexity index is 939. The molecule has 0 aliphatic heterocycles. The number of aromatic nitrogens is 2. The van der Waals surface area contributed by atoms with Crippen molar-refractivity contribution in [3.05, 3.63) is 96.7 Å². The largest absolute Gasteiger partial charge is 0.232 e. The summed E-state index contributed by atoms with van der Waals surface area (Å²) in [7, 11) is 0. The molecule has 3 aromatic carbocycles. The van der Waals surface area contributed by atoms with Crippen LogP contribution in [0.25, 0.3) is 28.1 Å². The molecule has 0 aliphatic carbocycles. The van der Waals surface area contributed by atoms with Crippen LogP contribution in [0, 0.1) is 6.92 Å². The number of para-hydroxylation sites is 1. The number of rotatable bonds is 3. The van der Waals surface area contributed by atoms with Gasteiger partial charge >= 0.3 is 0 Å². The Kier molecular flexibility index (Phi) is 3.72. The summed E-state index contributed by atoms with van der Waals surface area (Å²) in [5, 5.41) is 4.85. The molecule has 1 aromatic heterocycles. The average Bonchev–Trinajstić information content (AvgIpc) is 3.01. The van der Waals surface area contributed by atoms with Gasteiger partial charge in [0, 0.05) is 11.1 Å². The zero-order valence-electron chi connectivity index (χ0n) is 13.6. The SMILES string of the molecule is Cc1nn(-c2ccccc2)c(-c2ccccc2)c1-c1ccccc1. The highest BCUT2D eigenvalue weighted by Crippen LogP contribution is 2.36. The quantitative estimate of drug-likeness (QED) is 0.487. The third-order valence-electron chi connectivity index (χ3n) is 4.17.